The van der Waals surface area contributed by atoms with Gasteiger partial charge >= 0.3 is 0 Å². The number of para-hydroxylation sites is 1. The van der Waals surface area contributed by atoms with Gasteiger partial charge in [-0.1, -0.05) is 18.2 Å². The summed E-state index contributed by atoms with van der Waals surface area (Å²) in [5.41, 5.74) is 7.34. The second-order valence-electron chi connectivity index (χ2n) is 4.24. The Hall–Kier alpha value is -1.07. The molecule has 2 rings (SSSR count). The predicted octanol–water partition coefficient (Wildman–Crippen LogP) is 1.19. The molecule has 0 amide bonds. The molecule has 88 valence electrons. The van der Waals surface area contributed by atoms with Crippen molar-refractivity contribution in [1.29, 1.82) is 0 Å². The molecule has 0 aromatic heterocycles. The number of rotatable bonds is 4. The number of hydrogen-bond donors (Lipinski definition) is 1. The van der Waals surface area contributed by atoms with Crippen molar-refractivity contribution in [3.8, 4) is 0 Å². The van der Waals surface area contributed by atoms with Crippen molar-refractivity contribution in [1.82, 2.24) is 4.31 Å². The maximum absolute atomic E-state index is 11.6. The van der Waals surface area contributed by atoms with E-state index in [1.54, 1.807) is 10.4 Å². The van der Waals surface area contributed by atoms with Crippen molar-refractivity contribution >= 4 is 15.7 Å². The third kappa shape index (κ3) is 2.54. The molecule has 4 nitrogen and oxygen atoms in total. The van der Waals surface area contributed by atoms with E-state index in [1.165, 1.54) is 6.26 Å². The molecule has 0 aliphatic heterocycles. The summed E-state index contributed by atoms with van der Waals surface area (Å²) in [7, 11) is -3.14. The number of nitrogens with zero attached hydrogens (tertiary/aromatic N) is 1. The van der Waals surface area contributed by atoms with Crippen LogP contribution >= 0.6 is 0 Å². The van der Waals surface area contributed by atoms with Gasteiger partial charge in [0.1, 0.15) is 0 Å². The quantitative estimate of drug-likeness (QED) is 0.804. The molecule has 0 spiro atoms. The SMILES string of the molecule is CS(=O)(=O)N(Cc1ccccc1N)C1CC1. The van der Waals surface area contributed by atoms with Gasteiger partial charge < -0.3 is 5.73 Å². The average Bonchev–Trinajstić information content (AvgIpc) is 2.98. The van der Waals surface area contributed by atoms with Gasteiger partial charge in [0.2, 0.25) is 10.0 Å². The monoisotopic (exact) mass is 240 g/mol. The van der Waals surface area contributed by atoms with Gasteiger partial charge in [-0.05, 0) is 24.5 Å². The van der Waals surface area contributed by atoms with E-state index >= 15 is 0 Å². The first-order valence-corrected chi connectivity index (χ1v) is 7.13. The summed E-state index contributed by atoms with van der Waals surface area (Å²) in [4.78, 5) is 0. The summed E-state index contributed by atoms with van der Waals surface area (Å²) in [5, 5.41) is 0. The maximum Gasteiger partial charge on any atom is 0.211 e. The smallest absolute Gasteiger partial charge is 0.211 e. The Kier molecular flexibility index (Phi) is 2.90. The molecule has 0 bridgehead atoms. The van der Waals surface area contributed by atoms with Gasteiger partial charge in [-0.3, -0.25) is 0 Å². The van der Waals surface area contributed by atoms with Crippen LogP contribution < -0.4 is 5.73 Å². The van der Waals surface area contributed by atoms with E-state index in [0.717, 1.165) is 18.4 Å². The van der Waals surface area contributed by atoms with Crippen LogP contribution in [0, 0.1) is 0 Å². The van der Waals surface area contributed by atoms with Gasteiger partial charge in [0, 0.05) is 18.3 Å². The van der Waals surface area contributed by atoms with E-state index in [-0.39, 0.29) is 6.04 Å². The van der Waals surface area contributed by atoms with Gasteiger partial charge in [-0.15, -0.1) is 0 Å². The lowest BCUT2D eigenvalue weighted by Crippen LogP contribution is -2.31. The van der Waals surface area contributed by atoms with Crippen molar-refractivity contribution < 1.29 is 8.42 Å². The van der Waals surface area contributed by atoms with Crippen LogP contribution in [0.2, 0.25) is 0 Å². The normalized spacial score (nSPS) is 16.6. The van der Waals surface area contributed by atoms with E-state index in [4.69, 9.17) is 5.73 Å². The molecule has 0 heterocycles. The molecule has 1 saturated carbocycles. The highest BCUT2D eigenvalue weighted by Crippen LogP contribution is 2.31. The number of anilines is 1. The van der Waals surface area contributed by atoms with Gasteiger partial charge in [0.15, 0.2) is 0 Å². The topological polar surface area (TPSA) is 63.4 Å². The predicted molar refractivity (Wildman–Crippen MR) is 64.3 cm³/mol. The number of nitrogens with two attached hydrogens (primary N) is 1. The number of sulfonamides is 1. The zero-order valence-corrected chi connectivity index (χ0v) is 10.1. The molecule has 0 unspecified atom stereocenters. The number of benzene rings is 1. The maximum atomic E-state index is 11.6. The third-order valence-electron chi connectivity index (χ3n) is 2.76. The first-order chi connectivity index (χ1) is 7.48. The largest absolute Gasteiger partial charge is 0.398 e. The lowest BCUT2D eigenvalue weighted by atomic mass is 10.2. The Morgan fingerprint density at radius 1 is 1.38 bits per heavy atom. The standard InChI is InChI=1S/C11H16N2O2S/c1-16(14,15)13(10-6-7-10)8-9-4-2-3-5-11(9)12/h2-5,10H,6-8,12H2,1H3. The fraction of sp³-hybridized carbons (Fsp3) is 0.455. The Labute approximate surface area is 96.1 Å². The zero-order chi connectivity index (χ0) is 11.8. The lowest BCUT2D eigenvalue weighted by molar-refractivity contribution is 0.403. The molecule has 0 radical (unpaired) electrons. The Morgan fingerprint density at radius 3 is 2.50 bits per heavy atom. The van der Waals surface area contributed by atoms with E-state index in [9.17, 15) is 8.42 Å². The third-order valence-corrected chi connectivity index (χ3v) is 4.04. The van der Waals surface area contributed by atoms with Gasteiger partial charge in [0.05, 0.1) is 6.26 Å². The van der Waals surface area contributed by atoms with Crippen LogP contribution in [0.25, 0.3) is 0 Å². The minimum Gasteiger partial charge on any atom is -0.398 e. The molecule has 5 heteroatoms. The van der Waals surface area contributed by atoms with E-state index < -0.39 is 10.0 Å². The summed E-state index contributed by atoms with van der Waals surface area (Å²) in [6.45, 7) is 0.385. The molecular weight excluding hydrogens is 224 g/mol. The van der Waals surface area contributed by atoms with Crippen LogP contribution in [-0.2, 0) is 16.6 Å². The Morgan fingerprint density at radius 2 is 2.00 bits per heavy atom. The molecular formula is C11H16N2O2S. The van der Waals surface area contributed by atoms with Crippen LogP contribution in [0.4, 0.5) is 5.69 Å². The highest BCUT2D eigenvalue weighted by Gasteiger charge is 2.35. The molecule has 0 atom stereocenters. The summed E-state index contributed by atoms with van der Waals surface area (Å²) in [6, 6.07) is 7.56. The fourth-order valence-corrected chi connectivity index (χ4v) is 2.85. The zero-order valence-electron chi connectivity index (χ0n) is 9.26. The lowest BCUT2D eigenvalue weighted by Gasteiger charge is -2.20. The van der Waals surface area contributed by atoms with Crippen LogP contribution in [0.1, 0.15) is 18.4 Å². The Bertz CT molecular complexity index is 481. The number of hydrogen-bond acceptors (Lipinski definition) is 3. The minimum absolute atomic E-state index is 0.176. The second-order valence-corrected chi connectivity index (χ2v) is 6.17. The van der Waals surface area contributed by atoms with Crippen LogP contribution in [0.5, 0.6) is 0 Å². The van der Waals surface area contributed by atoms with Crippen molar-refractivity contribution in [2.24, 2.45) is 0 Å². The first-order valence-electron chi connectivity index (χ1n) is 5.28. The number of nitrogen functional groups attached to an aromatic ring is 1. The summed E-state index contributed by atoms with van der Waals surface area (Å²) < 4.78 is 24.8. The van der Waals surface area contributed by atoms with Crippen molar-refractivity contribution in [2.45, 2.75) is 25.4 Å². The van der Waals surface area contributed by atoms with Gasteiger partial charge in [-0.25, -0.2) is 8.42 Å². The highest BCUT2D eigenvalue weighted by molar-refractivity contribution is 7.88. The van der Waals surface area contributed by atoms with E-state index in [1.807, 2.05) is 18.2 Å². The van der Waals surface area contributed by atoms with Crippen LogP contribution in [0.3, 0.4) is 0 Å². The van der Waals surface area contributed by atoms with Crippen molar-refractivity contribution in [3.05, 3.63) is 29.8 Å². The van der Waals surface area contributed by atoms with E-state index in [0.29, 0.717) is 12.2 Å². The molecule has 1 aliphatic carbocycles. The minimum atomic E-state index is -3.14. The first kappa shape index (κ1) is 11.4. The van der Waals surface area contributed by atoms with Gasteiger partial charge in [0.25, 0.3) is 0 Å². The van der Waals surface area contributed by atoms with Crippen LogP contribution in [-0.4, -0.2) is 25.0 Å². The van der Waals surface area contributed by atoms with Gasteiger partial charge in [-0.2, -0.15) is 4.31 Å². The fourth-order valence-electron chi connectivity index (χ4n) is 1.73. The molecule has 1 aromatic carbocycles. The summed E-state index contributed by atoms with van der Waals surface area (Å²) in [5.74, 6) is 0. The second kappa shape index (κ2) is 4.07. The molecule has 2 N–H and O–H groups in total. The molecule has 1 aromatic rings. The van der Waals surface area contributed by atoms with Crippen molar-refractivity contribution in [2.75, 3.05) is 12.0 Å². The molecule has 16 heavy (non-hydrogen) atoms. The Balaban J connectivity index is 2.22. The summed E-state index contributed by atoms with van der Waals surface area (Å²) in [6.07, 6.45) is 3.17. The molecule has 1 fully saturated rings. The summed E-state index contributed by atoms with van der Waals surface area (Å²) >= 11 is 0. The highest BCUT2D eigenvalue weighted by atomic mass is 32.2. The average molecular weight is 240 g/mol. The van der Waals surface area contributed by atoms with E-state index in [2.05, 4.69) is 0 Å². The van der Waals surface area contributed by atoms with Crippen LogP contribution in [0.15, 0.2) is 24.3 Å². The molecule has 1 aliphatic rings. The molecule has 0 saturated heterocycles. The van der Waals surface area contributed by atoms with Crippen molar-refractivity contribution in [3.63, 3.8) is 0 Å².